The Morgan fingerprint density at radius 2 is 1.70 bits per heavy atom. The lowest BCUT2D eigenvalue weighted by Gasteiger charge is -2.36. The first-order valence-electron chi connectivity index (χ1n) is 9.38. The van der Waals surface area contributed by atoms with Crippen LogP contribution in [0.1, 0.15) is 6.42 Å². The molecule has 1 aliphatic heterocycles. The van der Waals surface area contributed by atoms with E-state index >= 15 is 0 Å². The smallest absolute Gasteiger partial charge is 0.257 e. The van der Waals surface area contributed by atoms with Gasteiger partial charge >= 0.3 is 0 Å². The molecule has 0 unspecified atom stereocenters. The molecule has 27 heavy (non-hydrogen) atoms. The van der Waals surface area contributed by atoms with E-state index < -0.39 is 0 Å². The van der Waals surface area contributed by atoms with Crippen LogP contribution in [0, 0.1) is 0 Å². The molecular formula is C21H26ClN3O2. The molecule has 1 aliphatic rings. The molecule has 0 aromatic heterocycles. The summed E-state index contributed by atoms with van der Waals surface area (Å²) in [6, 6.07) is 17.4. The number of hydrogen-bond donors (Lipinski definition) is 1. The first kappa shape index (κ1) is 19.5. The third-order valence-electron chi connectivity index (χ3n) is 4.65. The highest BCUT2D eigenvalue weighted by Gasteiger charge is 2.16. The van der Waals surface area contributed by atoms with E-state index in [4.69, 9.17) is 16.3 Å². The standard InChI is InChI=1S/C21H26ClN3O2/c22-18-7-9-19(10-8-18)25-15-13-24(14-16-25)12-4-11-23-21(26)17-27-20-5-2-1-3-6-20/h1-3,5-10H,4,11-17H2,(H,23,26). The van der Waals surface area contributed by atoms with Crippen LogP contribution in [0.4, 0.5) is 5.69 Å². The van der Waals surface area contributed by atoms with Crippen LogP contribution in [-0.4, -0.2) is 56.7 Å². The number of amides is 1. The average Bonchev–Trinajstić information content (AvgIpc) is 2.71. The molecule has 1 N–H and O–H groups in total. The molecule has 5 nitrogen and oxygen atoms in total. The summed E-state index contributed by atoms with van der Waals surface area (Å²) in [7, 11) is 0. The van der Waals surface area contributed by atoms with E-state index in [-0.39, 0.29) is 12.5 Å². The van der Waals surface area contributed by atoms with Gasteiger partial charge in [0, 0.05) is 43.4 Å². The van der Waals surface area contributed by atoms with E-state index in [9.17, 15) is 4.79 Å². The lowest BCUT2D eigenvalue weighted by molar-refractivity contribution is -0.123. The first-order chi connectivity index (χ1) is 13.2. The topological polar surface area (TPSA) is 44.8 Å². The highest BCUT2D eigenvalue weighted by molar-refractivity contribution is 6.30. The van der Waals surface area contributed by atoms with Gasteiger partial charge in [-0.15, -0.1) is 0 Å². The molecule has 0 bridgehead atoms. The van der Waals surface area contributed by atoms with E-state index in [0.717, 1.165) is 44.2 Å². The van der Waals surface area contributed by atoms with Gasteiger partial charge in [-0.05, 0) is 49.4 Å². The Hall–Kier alpha value is -2.24. The number of benzene rings is 2. The Morgan fingerprint density at radius 1 is 1.00 bits per heavy atom. The number of carbonyl (C=O) groups is 1. The van der Waals surface area contributed by atoms with E-state index in [1.165, 1.54) is 5.69 Å². The van der Waals surface area contributed by atoms with E-state index in [1.807, 2.05) is 42.5 Å². The average molecular weight is 388 g/mol. The quantitative estimate of drug-likeness (QED) is 0.707. The van der Waals surface area contributed by atoms with Crippen molar-refractivity contribution in [2.75, 3.05) is 50.8 Å². The maximum atomic E-state index is 11.8. The molecule has 0 saturated carbocycles. The molecule has 0 radical (unpaired) electrons. The Kier molecular flexibility index (Phi) is 7.36. The van der Waals surface area contributed by atoms with Crippen LogP contribution in [0.2, 0.25) is 5.02 Å². The van der Waals surface area contributed by atoms with Crippen LogP contribution in [0.15, 0.2) is 54.6 Å². The van der Waals surface area contributed by atoms with Crippen molar-refractivity contribution in [2.45, 2.75) is 6.42 Å². The predicted molar refractivity (Wildman–Crippen MR) is 110 cm³/mol. The Bertz CT molecular complexity index is 701. The van der Waals surface area contributed by atoms with Gasteiger partial charge in [-0.2, -0.15) is 0 Å². The fourth-order valence-corrected chi connectivity index (χ4v) is 3.25. The fourth-order valence-electron chi connectivity index (χ4n) is 3.13. The summed E-state index contributed by atoms with van der Waals surface area (Å²) in [6.45, 7) is 5.83. The third-order valence-corrected chi connectivity index (χ3v) is 4.90. The molecule has 1 saturated heterocycles. The monoisotopic (exact) mass is 387 g/mol. The first-order valence-corrected chi connectivity index (χ1v) is 9.76. The zero-order chi connectivity index (χ0) is 18.9. The molecule has 0 spiro atoms. The number of carbonyl (C=O) groups excluding carboxylic acids is 1. The van der Waals surface area contributed by atoms with Gasteiger partial charge in [-0.3, -0.25) is 9.69 Å². The van der Waals surface area contributed by atoms with E-state index in [2.05, 4.69) is 27.2 Å². The van der Waals surface area contributed by atoms with E-state index in [1.54, 1.807) is 0 Å². The summed E-state index contributed by atoms with van der Waals surface area (Å²) in [6.07, 6.45) is 0.942. The number of piperazine rings is 1. The number of nitrogens with one attached hydrogen (secondary N) is 1. The van der Waals surface area contributed by atoms with Crippen molar-refractivity contribution >= 4 is 23.2 Å². The minimum absolute atomic E-state index is 0.0593. The lowest BCUT2D eigenvalue weighted by Crippen LogP contribution is -2.47. The summed E-state index contributed by atoms with van der Waals surface area (Å²) in [5, 5.41) is 3.69. The summed E-state index contributed by atoms with van der Waals surface area (Å²) in [5.74, 6) is 0.637. The Morgan fingerprint density at radius 3 is 2.41 bits per heavy atom. The van der Waals surface area contributed by atoms with Crippen molar-refractivity contribution in [2.24, 2.45) is 0 Å². The molecule has 1 heterocycles. The van der Waals surface area contributed by atoms with Gasteiger partial charge in [0.25, 0.3) is 5.91 Å². The molecule has 144 valence electrons. The number of ether oxygens (including phenoxy) is 1. The molecule has 2 aromatic rings. The number of para-hydroxylation sites is 1. The van der Waals surface area contributed by atoms with Crippen LogP contribution in [0.5, 0.6) is 5.75 Å². The molecule has 0 aliphatic carbocycles. The maximum Gasteiger partial charge on any atom is 0.257 e. The van der Waals surface area contributed by atoms with Crippen molar-refractivity contribution in [3.8, 4) is 5.75 Å². The van der Waals surface area contributed by atoms with Gasteiger partial charge in [0.2, 0.25) is 0 Å². The second-order valence-corrected chi connectivity index (χ2v) is 7.05. The van der Waals surface area contributed by atoms with Gasteiger partial charge in [0.15, 0.2) is 6.61 Å². The number of halogens is 1. The van der Waals surface area contributed by atoms with Crippen molar-refractivity contribution in [1.29, 1.82) is 0 Å². The Labute approximate surface area is 165 Å². The van der Waals surface area contributed by atoms with Crippen LogP contribution in [0.3, 0.4) is 0 Å². The van der Waals surface area contributed by atoms with Crippen LogP contribution >= 0.6 is 11.6 Å². The Balaban J connectivity index is 1.27. The molecule has 1 amide bonds. The van der Waals surface area contributed by atoms with Crippen LogP contribution in [0.25, 0.3) is 0 Å². The largest absolute Gasteiger partial charge is 0.484 e. The molecule has 1 fully saturated rings. The summed E-state index contributed by atoms with van der Waals surface area (Å²) >= 11 is 5.95. The second-order valence-electron chi connectivity index (χ2n) is 6.61. The van der Waals surface area contributed by atoms with Crippen LogP contribution < -0.4 is 15.0 Å². The van der Waals surface area contributed by atoms with Crippen molar-refractivity contribution in [1.82, 2.24) is 10.2 Å². The van der Waals surface area contributed by atoms with Crippen molar-refractivity contribution in [3.63, 3.8) is 0 Å². The van der Waals surface area contributed by atoms with Crippen molar-refractivity contribution in [3.05, 3.63) is 59.6 Å². The molecule has 0 atom stereocenters. The van der Waals surface area contributed by atoms with E-state index in [0.29, 0.717) is 12.3 Å². The maximum absolute atomic E-state index is 11.8. The molecule has 3 rings (SSSR count). The summed E-state index contributed by atoms with van der Waals surface area (Å²) in [4.78, 5) is 16.7. The normalized spacial score (nSPS) is 14.8. The molecular weight excluding hydrogens is 362 g/mol. The minimum Gasteiger partial charge on any atom is -0.484 e. The van der Waals surface area contributed by atoms with Gasteiger partial charge in [0.05, 0.1) is 0 Å². The second kappa shape index (κ2) is 10.2. The SMILES string of the molecule is O=C(COc1ccccc1)NCCCN1CCN(c2ccc(Cl)cc2)CC1. The zero-order valence-electron chi connectivity index (χ0n) is 15.4. The number of nitrogens with zero attached hydrogens (tertiary/aromatic N) is 2. The predicted octanol–water partition coefficient (Wildman–Crippen LogP) is 3.05. The van der Waals surface area contributed by atoms with Crippen LogP contribution in [-0.2, 0) is 4.79 Å². The zero-order valence-corrected chi connectivity index (χ0v) is 16.2. The summed E-state index contributed by atoms with van der Waals surface area (Å²) < 4.78 is 5.44. The summed E-state index contributed by atoms with van der Waals surface area (Å²) in [5.41, 5.74) is 1.23. The number of rotatable bonds is 8. The minimum atomic E-state index is -0.0774. The van der Waals surface area contributed by atoms with Gasteiger partial charge < -0.3 is 15.0 Å². The van der Waals surface area contributed by atoms with Crippen molar-refractivity contribution < 1.29 is 9.53 Å². The van der Waals surface area contributed by atoms with Gasteiger partial charge in [-0.1, -0.05) is 29.8 Å². The molecule has 6 heteroatoms. The highest BCUT2D eigenvalue weighted by Crippen LogP contribution is 2.19. The number of anilines is 1. The highest BCUT2D eigenvalue weighted by atomic mass is 35.5. The lowest BCUT2D eigenvalue weighted by atomic mass is 10.2. The van der Waals surface area contributed by atoms with Gasteiger partial charge in [0.1, 0.15) is 5.75 Å². The molecule has 2 aromatic carbocycles. The fraction of sp³-hybridized carbons (Fsp3) is 0.381. The third kappa shape index (κ3) is 6.45. The number of hydrogen-bond acceptors (Lipinski definition) is 4. The van der Waals surface area contributed by atoms with Gasteiger partial charge in [-0.25, -0.2) is 0 Å².